The minimum absolute atomic E-state index is 0.0716. The van der Waals surface area contributed by atoms with Crippen molar-refractivity contribution in [2.45, 2.75) is 44.9 Å². The Morgan fingerprint density at radius 3 is 2.33 bits per heavy atom. The van der Waals surface area contributed by atoms with Gasteiger partial charge in [-0.1, -0.05) is 18.6 Å². The van der Waals surface area contributed by atoms with E-state index in [1.54, 1.807) is 0 Å². The molecule has 0 atom stereocenters. The van der Waals surface area contributed by atoms with Gasteiger partial charge in [-0.25, -0.2) is 0 Å². The van der Waals surface area contributed by atoms with Crippen LogP contribution in [0.4, 0.5) is 0 Å². The Labute approximate surface area is 93.0 Å². The summed E-state index contributed by atoms with van der Waals surface area (Å²) in [6, 6.07) is 0. The van der Waals surface area contributed by atoms with Crippen LogP contribution in [-0.2, 0) is 9.53 Å². The SMILES string of the molecule is C=CCCCCCC(=O)OCCCC=C. The zero-order valence-electron chi connectivity index (χ0n) is 9.54. The third-order valence-corrected chi connectivity index (χ3v) is 2.10. The molecule has 0 unspecified atom stereocenters. The first kappa shape index (κ1) is 13.9. The Balaban J connectivity index is 3.18. The van der Waals surface area contributed by atoms with Crippen molar-refractivity contribution in [1.29, 1.82) is 0 Å². The highest BCUT2D eigenvalue weighted by Gasteiger charge is 2.01. The Morgan fingerprint density at radius 2 is 1.67 bits per heavy atom. The van der Waals surface area contributed by atoms with E-state index in [1.807, 2.05) is 12.2 Å². The van der Waals surface area contributed by atoms with Crippen LogP contribution in [0.25, 0.3) is 0 Å². The normalized spacial score (nSPS) is 9.60. The lowest BCUT2D eigenvalue weighted by atomic mass is 10.1. The highest BCUT2D eigenvalue weighted by molar-refractivity contribution is 5.69. The van der Waals surface area contributed by atoms with Crippen molar-refractivity contribution in [2.75, 3.05) is 6.61 Å². The molecule has 0 aliphatic rings. The number of hydrogen-bond donors (Lipinski definition) is 0. The number of hydrogen-bond acceptors (Lipinski definition) is 2. The van der Waals surface area contributed by atoms with E-state index in [9.17, 15) is 4.79 Å². The lowest BCUT2D eigenvalue weighted by molar-refractivity contribution is -0.143. The second kappa shape index (κ2) is 11.0. The number of carbonyl (C=O) groups is 1. The lowest BCUT2D eigenvalue weighted by Crippen LogP contribution is -2.05. The standard InChI is InChI=1S/C13H22O2/c1-3-5-7-8-9-11-13(14)15-12-10-6-4-2/h3-4H,1-2,5-12H2. The molecular weight excluding hydrogens is 188 g/mol. The first-order valence-corrected chi connectivity index (χ1v) is 5.68. The molecule has 0 bridgehead atoms. The molecule has 0 fully saturated rings. The van der Waals surface area contributed by atoms with Crippen molar-refractivity contribution in [3.63, 3.8) is 0 Å². The average molecular weight is 210 g/mol. The van der Waals surface area contributed by atoms with Gasteiger partial charge in [0.2, 0.25) is 0 Å². The molecule has 2 heteroatoms. The fourth-order valence-electron chi connectivity index (χ4n) is 1.22. The van der Waals surface area contributed by atoms with E-state index in [2.05, 4.69) is 13.2 Å². The van der Waals surface area contributed by atoms with Gasteiger partial charge in [0.1, 0.15) is 0 Å². The predicted octanol–water partition coefficient (Wildman–Crippen LogP) is 3.63. The van der Waals surface area contributed by atoms with Crippen molar-refractivity contribution in [1.82, 2.24) is 0 Å². The molecule has 0 N–H and O–H groups in total. The smallest absolute Gasteiger partial charge is 0.305 e. The summed E-state index contributed by atoms with van der Waals surface area (Å²) >= 11 is 0. The van der Waals surface area contributed by atoms with E-state index < -0.39 is 0 Å². The number of esters is 1. The molecule has 0 aromatic rings. The van der Waals surface area contributed by atoms with Gasteiger partial charge in [-0.05, 0) is 32.1 Å². The van der Waals surface area contributed by atoms with E-state index in [0.29, 0.717) is 13.0 Å². The molecule has 0 saturated carbocycles. The van der Waals surface area contributed by atoms with Gasteiger partial charge in [-0.3, -0.25) is 4.79 Å². The maximum absolute atomic E-state index is 11.2. The highest BCUT2D eigenvalue weighted by atomic mass is 16.5. The monoisotopic (exact) mass is 210 g/mol. The summed E-state index contributed by atoms with van der Waals surface area (Å²) in [6.07, 6.45) is 10.2. The van der Waals surface area contributed by atoms with Gasteiger partial charge >= 0.3 is 5.97 Å². The molecular formula is C13H22O2. The molecule has 0 aromatic heterocycles. The fraction of sp³-hybridized carbons (Fsp3) is 0.615. The number of carbonyl (C=O) groups excluding carboxylic acids is 1. The van der Waals surface area contributed by atoms with Crippen molar-refractivity contribution in [3.8, 4) is 0 Å². The molecule has 0 amide bonds. The lowest BCUT2D eigenvalue weighted by Gasteiger charge is -2.03. The second-order valence-corrected chi connectivity index (χ2v) is 3.54. The van der Waals surface area contributed by atoms with Crippen LogP contribution in [0.3, 0.4) is 0 Å². The summed E-state index contributed by atoms with van der Waals surface area (Å²) in [5, 5.41) is 0. The maximum atomic E-state index is 11.2. The van der Waals surface area contributed by atoms with Gasteiger partial charge in [0.25, 0.3) is 0 Å². The second-order valence-electron chi connectivity index (χ2n) is 3.54. The number of rotatable bonds is 10. The van der Waals surface area contributed by atoms with Crippen LogP contribution in [0.15, 0.2) is 25.3 Å². The van der Waals surface area contributed by atoms with E-state index in [1.165, 1.54) is 0 Å². The molecule has 86 valence electrons. The van der Waals surface area contributed by atoms with Crippen LogP contribution in [0.1, 0.15) is 44.9 Å². The molecule has 0 aliphatic carbocycles. The summed E-state index contributed by atoms with van der Waals surface area (Å²) in [6.45, 7) is 7.78. The van der Waals surface area contributed by atoms with E-state index in [0.717, 1.165) is 38.5 Å². The molecule has 15 heavy (non-hydrogen) atoms. The van der Waals surface area contributed by atoms with Crippen molar-refractivity contribution >= 4 is 5.97 Å². The molecule has 2 nitrogen and oxygen atoms in total. The Bertz CT molecular complexity index is 185. The van der Waals surface area contributed by atoms with Gasteiger partial charge in [0.05, 0.1) is 6.61 Å². The van der Waals surface area contributed by atoms with Crippen LogP contribution in [-0.4, -0.2) is 12.6 Å². The fourth-order valence-corrected chi connectivity index (χ4v) is 1.22. The van der Waals surface area contributed by atoms with Crippen LogP contribution >= 0.6 is 0 Å². The molecule has 0 aromatic carbocycles. The van der Waals surface area contributed by atoms with Gasteiger partial charge in [0, 0.05) is 6.42 Å². The number of ether oxygens (including phenoxy) is 1. The number of unbranched alkanes of at least 4 members (excludes halogenated alkanes) is 4. The largest absolute Gasteiger partial charge is 0.466 e. The molecule has 0 aliphatic heterocycles. The summed E-state index contributed by atoms with van der Waals surface area (Å²) in [5.41, 5.74) is 0. The summed E-state index contributed by atoms with van der Waals surface area (Å²) in [7, 11) is 0. The molecule has 0 radical (unpaired) electrons. The molecule has 0 spiro atoms. The van der Waals surface area contributed by atoms with E-state index in [-0.39, 0.29) is 5.97 Å². The Hall–Kier alpha value is -1.05. The van der Waals surface area contributed by atoms with Crippen molar-refractivity contribution in [2.24, 2.45) is 0 Å². The minimum Gasteiger partial charge on any atom is -0.466 e. The first-order valence-electron chi connectivity index (χ1n) is 5.68. The summed E-state index contributed by atoms with van der Waals surface area (Å²) in [4.78, 5) is 11.2. The van der Waals surface area contributed by atoms with Gasteiger partial charge < -0.3 is 4.74 Å². The van der Waals surface area contributed by atoms with Gasteiger partial charge in [-0.2, -0.15) is 0 Å². The van der Waals surface area contributed by atoms with Crippen LogP contribution in [0, 0.1) is 0 Å². The van der Waals surface area contributed by atoms with Gasteiger partial charge in [0.15, 0.2) is 0 Å². The molecule has 0 heterocycles. The quantitative estimate of drug-likeness (QED) is 0.312. The number of allylic oxidation sites excluding steroid dienone is 2. The average Bonchev–Trinajstić information content (AvgIpc) is 2.24. The minimum atomic E-state index is -0.0716. The summed E-state index contributed by atoms with van der Waals surface area (Å²) in [5.74, 6) is -0.0716. The van der Waals surface area contributed by atoms with Crippen LogP contribution < -0.4 is 0 Å². The Kier molecular flexibility index (Phi) is 10.3. The maximum Gasteiger partial charge on any atom is 0.305 e. The third kappa shape index (κ3) is 10.9. The highest BCUT2D eigenvalue weighted by Crippen LogP contribution is 2.04. The topological polar surface area (TPSA) is 26.3 Å². The van der Waals surface area contributed by atoms with E-state index in [4.69, 9.17) is 4.74 Å². The third-order valence-electron chi connectivity index (χ3n) is 2.10. The first-order chi connectivity index (χ1) is 7.31. The molecule has 0 saturated heterocycles. The Morgan fingerprint density at radius 1 is 1.00 bits per heavy atom. The van der Waals surface area contributed by atoms with Crippen LogP contribution in [0.2, 0.25) is 0 Å². The van der Waals surface area contributed by atoms with Crippen molar-refractivity contribution < 1.29 is 9.53 Å². The molecule has 0 rings (SSSR count). The van der Waals surface area contributed by atoms with E-state index >= 15 is 0 Å². The zero-order valence-corrected chi connectivity index (χ0v) is 9.54. The van der Waals surface area contributed by atoms with Crippen LogP contribution in [0.5, 0.6) is 0 Å². The summed E-state index contributed by atoms with van der Waals surface area (Å²) < 4.78 is 5.04. The van der Waals surface area contributed by atoms with Crippen molar-refractivity contribution in [3.05, 3.63) is 25.3 Å². The van der Waals surface area contributed by atoms with Gasteiger partial charge in [-0.15, -0.1) is 13.2 Å². The zero-order chi connectivity index (χ0) is 11.4. The predicted molar refractivity (Wildman–Crippen MR) is 63.7 cm³/mol.